The van der Waals surface area contributed by atoms with Gasteiger partial charge in [0.15, 0.2) is 0 Å². The first-order valence-electron chi connectivity index (χ1n) is 5.87. The van der Waals surface area contributed by atoms with Crippen LogP contribution in [0.15, 0.2) is 12.3 Å². The lowest BCUT2D eigenvalue weighted by Crippen LogP contribution is -2.23. The maximum absolute atomic E-state index is 10.9. The number of aromatic nitrogens is 1. The van der Waals surface area contributed by atoms with Crippen molar-refractivity contribution in [3.05, 3.63) is 22.8 Å². The average Bonchev–Trinajstić information content (AvgIpc) is 2.38. The minimum absolute atomic E-state index is 0.0705. The molecule has 2 heterocycles. The molecule has 18 heavy (non-hydrogen) atoms. The number of nitrogens with one attached hydrogen (secondary N) is 1. The quantitative estimate of drug-likeness (QED) is 0.878. The molecule has 0 spiro atoms. The largest absolute Gasteiger partial charge is 0.478 e. The SMILES string of the molecule is O=C(O)c1cc(NCC2CCOCC2)ncc1Cl. The fourth-order valence-electron chi connectivity index (χ4n) is 1.90. The minimum atomic E-state index is -1.04. The summed E-state index contributed by atoms with van der Waals surface area (Å²) >= 11 is 5.75. The van der Waals surface area contributed by atoms with Gasteiger partial charge in [-0.15, -0.1) is 0 Å². The molecule has 0 saturated carbocycles. The van der Waals surface area contributed by atoms with Crippen LogP contribution in [0, 0.1) is 5.92 Å². The van der Waals surface area contributed by atoms with E-state index >= 15 is 0 Å². The van der Waals surface area contributed by atoms with Crippen LogP contribution in [0.4, 0.5) is 5.82 Å². The van der Waals surface area contributed by atoms with Crippen LogP contribution in [0.1, 0.15) is 23.2 Å². The molecule has 0 unspecified atom stereocenters. The molecule has 0 bridgehead atoms. The number of carboxylic acid groups (broad SMARTS) is 1. The zero-order valence-corrected chi connectivity index (χ0v) is 10.6. The van der Waals surface area contributed by atoms with Crippen LogP contribution >= 0.6 is 11.6 Å². The average molecular weight is 271 g/mol. The van der Waals surface area contributed by atoms with Crippen molar-refractivity contribution in [1.82, 2.24) is 4.98 Å². The number of rotatable bonds is 4. The molecule has 1 aromatic rings. The van der Waals surface area contributed by atoms with E-state index in [4.69, 9.17) is 21.4 Å². The zero-order valence-electron chi connectivity index (χ0n) is 9.86. The van der Waals surface area contributed by atoms with Gasteiger partial charge in [-0.25, -0.2) is 9.78 Å². The smallest absolute Gasteiger partial charge is 0.337 e. The lowest BCUT2D eigenvalue weighted by atomic mass is 10.0. The first-order valence-corrected chi connectivity index (χ1v) is 6.25. The molecule has 0 aliphatic carbocycles. The standard InChI is InChI=1S/C12H15ClN2O3/c13-10-7-15-11(5-9(10)12(16)17)14-6-8-1-3-18-4-2-8/h5,7-8H,1-4,6H2,(H,14,15)(H,16,17). The second kappa shape index (κ2) is 6.02. The molecule has 2 rings (SSSR count). The summed E-state index contributed by atoms with van der Waals surface area (Å²) in [6.07, 6.45) is 3.40. The predicted octanol–water partition coefficient (Wildman–Crippen LogP) is 2.27. The summed E-state index contributed by atoms with van der Waals surface area (Å²) in [6, 6.07) is 1.46. The summed E-state index contributed by atoms with van der Waals surface area (Å²) in [5.74, 6) is 0.0457. The number of carbonyl (C=O) groups is 1. The number of hydrogen-bond acceptors (Lipinski definition) is 4. The molecule has 98 valence electrons. The Hall–Kier alpha value is -1.33. The molecular formula is C12H15ClN2O3. The third kappa shape index (κ3) is 3.34. The Morgan fingerprint density at radius 2 is 2.28 bits per heavy atom. The Bertz CT molecular complexity index is 433. The molecule has 6 heteroatoms. The highest BCUT2D eigenvalue weighted by Gasteiger charge is 2.15. The Balaban J connectivity index is 1.96. The number of carboxylic acids is 1. The van der Waals surface area contributed by atoms with Crippen molar-refractivity contribution in [2.24, 2.45) is 5.92 Å². The molecule has 0 radical (unpaired) electrons. The number of pyridine rings is 1. The Kier molecular flexibility index (Phi) is 4.38. The summed E-state index contributed by atoms with van der Waals surface area (Å²) in [5, 5.41) is 12.3. The molecule has 1 aliphatic heterocycles. The number of nitrogens with zero attached hydrogens (tertiary/aromatic N) is 1. The molecule has 2 N–H and O–H groups in total. The Labute approximate surface area is 110 Å². The van der Waals surface area contributed by atoms with Gasteiger partial charge >= 0.3 is 5.97 Å². The van der Waals surface area contributed by atoms with E-state index in [0.717, 1.165) is 32.6 Å². The minimum Gasteiger partial charge on any atom is -0.478 e. The monoisotopic (exact) mass is 270 g/mol. The maximum atomic E-state index is 10.9. The van der Waals surface area contributed by atoms with Gasteiger partial charge in [-0.2, -0.15) is 0 Å². The fourth-order valence-corrected chi connectivity index (χ4v) is 2.08. The van der Waals surface area contributed by atoms with Crippen molar-refractivity contribution in [1.29, 1.82) is 0 Å². The molecule has 0 amide bonds. The Morgan fingerprint density at radius 1 is 1.56 bits per heavy atom. The normalized spacial score (nSPS) is 16.5. The van der Waals surface area contributed by atoms with E-state index < -0.39 is 5.97 Å². The number of anilines is 1. The fraction of sp³-hybridized carbons (Fsp3) is 0.500. The van der Waals surface area contributed by atoms with Crippen LogP contribution in [0.2, 0.25) is 5.02 Å². The number of aromatic carboxylic acids is 1. The van der Waals surface area contributed by atoms with E-state index in [-0.39, 0.29) is 10.6 Å². The van der Waals surface area contributed by atoms with E-state index in [1.54, 1.807) is 0 Å². The molecule has 0 atom stereocenters. The molecule has 1 saturated heterocycles. The third-order valence-electron chi connectivity index (χ3n) is 3.00. The first kappa shape index (κ1) is 13.1. The van der Waals surface area contributed by atoms with Gasteiger partial charge in [0.2, 0.25) is 0 Å². The van der Waals surface area contributed by atoms with Gasteiger partial charge in [-0.3, -0.25) is 0 Å². The van der Waals surface area contributed by atoms with Gasteiger partial charge in [0.05, 0.1) is 10.6 Å². The maximum Gasteiger partial charge on any atom is 0.337 e. The van der Waals surface area contributed by atoms with Crippen molar-refractivity contribution < 1.29 is 14.6 Å². The van der Waals surface area contributed by atoms with Crippen molar-refractivity contribution in [3.8, 4) is 0 Å². The highest BCUT2D eigenvalue weighted by atomic mass is 35.5. The summed E-state index contributed by atoms with van der Waals surface area (Å²) < 4.78 is 5.28. The van der Waals surface area contributed by atoms with Gasteiger partial charge in [-0.1, -0.05) is 11.6 Å². The number of ether oxygens (including phenoxy) is 1. The number of hydrogen-bond donors (Lipinski definition) is 2. The van der Waals surface area contributed by atoms with E-state index in [9.17, 15) is 4.79 Å². The van der Waals surface area contributed by atoms with Crippen molar-refractivity contribution >= 4 is 23.4 Å². The Morgan fingerprint density at radius 3 is 2.94 bits per heavy atom. The van der Waals surface area contributed by atoms with Crippen LogP contribution in [-0.4, -0.2) is 35.8 Å². The van der Waals surface area contributed by atoms with Crippen molar-refractivity contribution in [3.63, 3.8) is 0 Å². The van der Waals surface area contributed by atoms with Gasteiger partial charge in [0.25, 0.3) is 0 Å². The van der Waals surface area contributed by atoms with Gasteiger partial charge in [0.1, 0.15) is 5.82 Å². The lowest BCUT2D eigenvalue weighted by Gasteiger charge is -2.22. The summed E-state index contributed by atoms with van der Waals surface area (Å²) in [5.41, 5.74) is 0.0705. The zero-order chi connectivity index (χ0) is 13.0. The second-order valence-electron chi connectivity index (χ2n) is 4.29. The first-order chi connectivity index (χ1) is 8.66. The van der Waals surface area contributed by atoms with Gasteiger partial charge < -0.3 is 15.2 Å². The highest BCUT2D eigenvalue weighted by molar-refractivity contribution is 6.33. The van der Waals surface area contributed by atoms with Crippen LogP contribution in [-0.2, 0) is 4.74 Å². The third-order valence-corrected chi connectivity index (χ3v) is 3.30. The van der Waals surface area contributed by atoms with E-state index in [1.165, 1.54) is 12.3 Å². The lowest BCUT2D eigenvalue weighted by molar-refractivity contribution is 0.0696. The second-order valence-corrected chi connectivity index (χ2v) is 4.70. The summed E-state index contributed by atoms with van der Waals surface area (Å²) in [6.45, 7) is 2.36. The van der Waals surface area contributed by atoms with E-state index in [1.807, 2.05) is 0 Å². The van der Waals surface area contributed by atoms with Crippen LogP contribution in [0.3, 0.4) is 0 Å². The molecule has 5 nitrogen and oxygen atoms in total. The molecule has 1 aromatic heterocycles. The summed E-state index contributed by atoms with van der Waals surface area (Å²) in [4.78, 5) is 15.0. The van der Waals surface area contributed by atoms with Crippen LogP contribution in [0.25, 0.3) is 0 Å². The van der Waals surface area contributed by atoms with Gasteiger partial charge in [-0.05, 0) is 24.8 Å². The van der Waals surface area contributed by atoms with E-state index in [2.05, 4.69) is 10.3 Å². The van der Waals surface area contributed by atoms with E-state index in [0.29, 0.717) is 11.7 Å². The van der Waals surface area contributed by atoms with Crippen molar-refractivity contribution in [2.75, 3.05) is 25.1 Å². The molecule has 1 fully saturated rings. The number of halogens is 1. The molecule has 1 aliphatic rings. The summed E-state index contributed by atoms with van der Waals surface area (Å²) in [7, 11) is 0. The van der Waals surface area contributed by atoms with Crippen molar-refractivity contribution in [2.45, 2.75) is 12.8 Å². The van der Waals surface area contributed by atoms with Crippen LogP contribution < -0.4 is 5.32 Å². The van der Waals surface area contributed by atoms with Gasteiger partial charge in [0, 0.05) is 26.0 Å². The van der Waals surface area contributed by atoms with Crippen LogP contribution in [0.5, 0.6) is 0 Å². The molecule has 0 aromatic carbocycles. The highest BCUT2D eigenvalue weighted by Crippen LogP contribution is 2.19. The topological polar surface area (TPSA) is 71.5 Å². The molecular weight excluding hydrogens is 256 g/mol. The predicted molar refractivity (Wildman–Crippen MR) is 68.2 cm³/mol.